The summed E-state index contributed by atoms with van der Waals surface area (Å²) in [7, 11) is 0. The molecule has 4 amide bonds. The maximum atomic E-state index is 12.4. The molecule has 2 aliphatic heterocycles. The Balaban J connectivity index is 1.21. The van der Waals surface area contributed by atoms with Crippen LogP contribution >= 0.6 is 0 Å². The van der Waals surface area contributed by atoms with Gasteiger partial charge >= 0.3 is 0 Å². The Hall–Kier alpha value is -3.68. The molecule has 0 saturated carbocycles. The second-order valence-electron chi connectivity index (χ2n) is 8.35. The third-order valence-corrected chi connectivity index (χ3v) is 6.01. The number of amides is 4. The molecular formula is C25H28N4O4. The van der Waals surface area contributed by atoms with E-state index in [0.717, 1.165) is 43.6 Å². The van der Waals surface area contributed by atoms with Gasteiger partial charge in [0.05, 0.1) is 6.54 Å². The zero-order valence-electron chi connectivity index (χ0n) is 18.5. The van der Waals surface area contributed by atoms with Crippen molar-refractivity contribution in [2.75, 3.05) is 31.1 Å². The fourth-order valence-corrected chi connectivity index (χ4v) is 4.11. The van der Waals surface area contributed by atoms with E-state index in [-0.39, 0.29) is 30.2 Å². The van der Waals surface area contributed by atoms with Gasteiger partial charge in [0, 0.05) is 49.4 Å². The summed E-state index contributed by atoms with van der Waals surface area (Å²) in [6.07, 6.45) is 3.50. The van der Waals surface area contributed by atoms with Gasteiger partial charge in [0.2, 0.25) is 11.8 Å². The molecule has 0 spiro atoms. The van der Waals surface area contributed by atoms with E-state index in [4.69, 9.17) is 0 Å². The van der Waals surface area contributed by atoms with Gasteiger partial charge < -0.3 is 20.4 Å². The van der Waals surface area contributed by atoms with Gasteiger partial charge in [0.15, 0.2) is 0 Å². The van der Waals surface area contributed by atoms with Crippen LogP contribution in [0.5, 0.6) is 0 Å². The van der Waals surface area contributed by atoms with Crippen LogP contribution in [-0.4, -0.2) is 54.7 Å². The van der Waals surface area contributed by atoms with Crippen LogP contribution in [0.4, 0.5) is 5.69 Å². The van der Waals surface area contributed by atoms with Gasteiger partial charge in [-0.25, -0.2) is 0 Å². The van der Waals surface area contributed by atoms with E-state index in [1.165, 1.54) is 0 Å². The van der Waals surface area contributed by atoms with Gasteiger partial charge in [0.1, 0.15) is 0 Å². The zero-order chi connectivity index (χ0) is 23.2. The average molecular weight is 449 g/mol. The van der Waals surface area contributed by atoms with Gasteiger partial charge in [-0.2, -0.15) is 0 Å². The number of hydrogen-bond donors (Lipinski definition) is 2. The molecule has 0 atom stereocenters. The van der Waals surface area contributed by atoms with Crippen molar-refractivity contribution < 1.29 is 19.2 Å². The van der Waals surface area contributed by atoms with Gasteiger partial charge in [0.25, 0.3) is 11.8 Å². The highest BCUT2D eigenvalue weighted by Crippen LogP contribution is 2.21. The van der Waals surface area contributed by atoms with Crippen LogP contribution in [0.15, 0.2) is 48.5 Å². The van der Waals surface area contributed by atoms with Crippen LogP contribution in [0.3, 0.4) is 0 Å². The van der Waals surface area contributed by atoms with Crippen molar-refractivity contribution in [2.24, 2.45) is 0 Å². The highest BCUT2D eigenvalue weighted by atomic mass is 16.2. The van der Waals surface area contributed by atoms with E-state index in [1.807, 2.05) is 17.0 Å². The molecule has 2 heterocycles. The number of likely N-dealkylation sites (tertiary alicyclic amines) is 1. The molecule has 33 heavy (non-hydrogen) atoms. The van der Waals surface area contributed by atoms with E-state index in [1.54, 1.807) is 41.3 Å². The number of carbonyl (C=O) groups excluding carboxylic acids is 4. The Morgan fingerprint density at radius 3 is 2.09 bits per heavy atom. The summed E-state index contributed by atoms with van der Waals surface area (Å²) < 4.78 is 0. The second-order valence-corrected chi connectivity index (χ2v) is 8.35. The van der Waals surface area contributed by atoms with Crippen LogP contribution in [0, 0.1) is 0 Å². The Bertz CT molecular complexity index is 1030. The van der Waals surface area contributed by atoms with Crippen LogP contribution in [0.1, 0.15) is 52.0 Å². The summed E-state index contributed by atoms with van der Waals surface area (Å²) in [6.45, 7) is 2.49. The minimum atomic E-state index is -0.353. The Morgan fingerprint density at radius 1 is 0.788 bits per heavy atom. The molecular weight excluding hydrogens is 420 g/mol. The number of anilines is 1. The van der Waals surface area contributed by atoms with E-state index in [9.17, 15) is 19.2 Å². The first-order chi connectivity index (χ1) is 16.0. The molecule has 0 radical (unpaired) electrons. The molecule has 4 rings (SSSR count). The first-order valence-electron chi connectivity index (χ1n) is 11.3. The summed E-state index contributed by atoms with van der Waals surface area (Å²) in [5, 5.41) is 5.37. The van der Waals surface area contributed by atoms with Crippen molar-refractivity contribution in [1.82, 2.24) is 15.5 Å². The highest BCUT2D eigenvalue weighted by molar-refractivity contribution is 5.98. The Morgan fingerprint density at radius 2 is 1.45 bits per heavy atom. The van der Waals surface area contributed by atoms with E-state index in [2.05, 4.69) is 10.6 Å². The number of carbonyl (C=O) groups is 4. The molecule has 8 heteroatoms. The van der Waals surface area contributed by atoms with Crippen molar-refractivity contribution in [1.29, 1.82) is 0 Å². The first kappa shape index (κ1) is 22.5. The quantitative estimate of drug-likeness (QED) is 0.678. The van der Waals surface area contributed by atoms with Crippen molar-refractivity contribution in [2.45, 2.75) is 32.2 Å². The molecule has 2 aliphatic rings. The van der Waals surface area contributed by atoms with Gasteiger partial charge in [-0.1, -0.05) is 12.1 Å². The average Bonchev–Trinajstić information content (AvgIpc) is 3.53. The molecule has 2 N–H and O–H groups in total. The first-order valence-corrected chi connectivity index (χ1v) is 11.3. The maximum Gasteiger partial charge on any atom is 0.253 e. The minimum Gasteiger partial charge on any atom is -0.350 e. The van der Waals surface area contributed by atoms with Gasteiger partial charge in [-0.05, 0) is 61.2 Å². The number of benzene rings is 2. The second kappa shape index (κ2) is 10.3. The fraction of sp³-hybridized carbons (Fsp3) is 0.360. The molecule has 2 aromatic carbocycles. The third kappa shape index (κ3) is 5.58. The normalized spacial score (nSPS) is 15.6. The summed E-state index contributed by atoms with van der Waals surface area (Å²) in [6, 6.07) is 14.0. The van der Waals surface area contributed by atoms with Crippen LogP contribution in [0.2, 0.25) is 0 Å². The lowest BCUT2D eigenvalue weighted by molar-refractivity contribution is -0.120. The highest BCUT2D eigenvalue weighted by Gasteiger charge is 2.22. The molecule has 2 aromatic rings. The molecule has 0 aliphatic carbocycles. The van der Waals surface area contributed by atoms with E-state index in [0.29, 0.717) is 30.6 Å². The Labute approximate surface area is 192 Å². The van der Waals surface area contributed by atoms with Crippen molar-refractivity contribution in [3.8, 4) is 0 Å². The topological polar surface area (TPSA) is 98.8 Å². The number of nitrogens with zero attached hydrogens (tertiary/aromatic N) is 2. The van der Waals surface area contributed by atoms with Crippen molar-refractivity contribution >= 4 is 29.3 Å². The summed E-state index contributed by atoms with van der Waals surface area (Å²) >= 11 is 0. The summed E-state index contributed by atoms with van der Waals surface area (Å²) in [5.74, 6) is -0.517. The predicted octanol–water partition coefficient (Wildman–Crippen LogP) is 2.10. The minimum absolute atomic E-state index is 0.0471. The largest absolute Gasteiger partial charge is 0.350 e. The van der Waals surface area contributed by atoms with Gasteiger partial charge in [-0.3, -0.25) is 19.2 Å². The van der Waals surface area contributed by atoms with Crippen molar-refractivity contribution in [3.63, 3.8) is 0 Å². The summed E-state index contributed by atoms with van der Waals surface area (Å²) in [5.41, 5.74) is 2.73. The molecule has 8 nitrogen and oxygen atoms in total. The van der Waals surface area contributed by atoms with Crippen LogP contribution in [-0.2, 0) is 16.1 Å². The monoisotopic (exact) mass is 448 g/mol. The number of nitrogens with one attached hydrogen (secondary N) is 2. The molecule has 2 fully saturated rings. The van der Waals surface area contributed by atoms with Crippen molar-refractivity contribution in [3.05, 3.63) is 65.2 Å². The number of hydrogen-bond acceptors (Lipinski definition) is 4. The van der Waals surface area contributed by atoms with Gasteiger partial charge in [-0.15, -0.1) is 0 Å². The predicted molar refractivity (Wildman–Crippen MR) is 124 cm³/mol. The lowest BCUT2D eigenvalue weighted by Gasteiger charge is -2.16. The number of rotatable bonds is 7. The lowest BCUT2D eigenvalue weighted by atomic mass is 10.1. The zero-order valence-corrected chi connectivity index (χ0v) is 18.5. The molecule has 2 saturated heterocycles. The van der Waals surface area contributed by atoms with Crippen LogP contribution in [0.25, 0.3) is 0 Å². The molecule has 0 aromatic heterocycles. The fourth-order valence-electron chi connectivity index (χ4n) is 4.11. The Kier molecular flexibility index (Phi) is 7.02. The van der Waals surface area contributed by atoms with E-state index >= 15 is 0 Å². The third-order valence-electron chi connectivity index (χ3n) is 6.01. The van der Waals surface area contributed by atoms with E-state index < -0.39 is 0 Å². The smallest absolute Gasteiger partial charge is 0.253 e. The molecule has 172 valence electrons. The molecule has 0 unspecified atom stereocenters. The molecule has 0 bridgehead atoms. The lowest BCUT2D eigenvalue weighted by Crippen LogP contribution is -2.36. The summed E-state index contributed by atoms with van der Waals surface area (Å²) in [4.78, 5) is 52.2. The standard InChI is InChI=1S/C25H28N4O4/c30-22(26-16-18-5-7-20(8-6-18)25(33)28-13-1-2-14-28)17-27-24(32)19-9-11-21(12-10-19)29-15-3-4-23(29)31/h5-12H,1-4,13-17H2,(H,26,30)(H,27,32). The SMILES string of the molecule is O=C(CNC(=O)c1ccc(N2CCCC2=O)cc1)NCc1ccc(C(=O)N2CCCC2)cc1. The maximum absolute atomic E-state index is 12.4. The van der Waals surface area contributed by atoms with Crippen LogP contribution < -0.4 is 15.5 Å².